The van der Waals surface area contributed by atoms with Crippen LogP contribution < -0.4 is 21.7 Å². The minimum absolute atomic E-state index is 0.0524. The second-order valence-electron chi connectivity index (χ2n) is 11.4. The first-order valence-corrected chi connectivity index (χ1v) is 15.8. The minimum Gasteiger partial charge on any atom is -0.356 e. The number of carbonyl (C=O) groups is 3. The number of hydrogen-bond donors (Lipinski definition) is 4. The number of aromatic nitrogens is 1. The molecule has 2 unspecified atom stereocenters. The Bertz CT molecular complexity index is 1280. The highest BCUT2D eigenvalue weighted by molar-refractivity contribution is 7.09. The summed E-state index contributed by atoms with van der Waals surface area (Å²) >= 11 is 1.58. The van der Waals surface area contributed by atoms with E-state index in [1.165, 1.54) is 17.4 Å². The van der Waals surface area contributed by atoms with Gasteiger partial charge in [-0.3, -0.25) is 9.59 Å². The van der Waals surface area contributed by atoms with Crippen LogP contribution in [0.2, 0.25) is 0 Å². The second kappa shape index (κ2) is 17.4. The summed E-state index contributed by atoms with van der Waals surface area (Å²) in [6.45, 7) is 6.17. The lowest BCUT2D eigenvalue weighted by Crippen LogP contribution is -2.53. The molecule has 0 saturated carbocycles. The van der Waals surface area contributed by atoms with E-state index in [4.69, 9.17) is 5.73 Å². The van der Waals surface area contributed by atoms with Crippen LogP contribution in [0.25, 0.3) is 0 Å². The van der Waals surface area contributed by atoms with Crippen LogP contribution in [-0.4, -0.2) is 59.4 Å². The average Bonchev–Trinajstić information content (AvgIpc) is 3.45. The number of nitrogens with two attached hydrogens (primary N) is 1. The normalized spacial score (nSPS) is 13.2. The molecule has 3 rings (SSSR count). The molecule has 43 heavy (non-hydrogen) atoms. The van der Waals surface area contributed by atoms with Gasteiger partial charge in [0.05, 0.1) is 17.2 Å². The average molecular weight is 607 g/mol. The van der Waals surface area contributed by atoms with Gasteiger partial charge in [-0.05, 0) is 43.2 Å². The first-order chi connectivity index (χ1) is 20.6. The zero-order chi connectivity index (χ0) is 31.2. The van der Waals surface area contributed by atoms with Crippen molar-refractivity contribution in [2.45, 2.75) is 83.5 Å². The number of benzene rings is 2. The summed E-state index contributed by atoms with van der Waals surface area (Å²) in [6.07, 6.45) is 3.06. The monoisotopic (exact) mass is 606 g/mol. The van der Waals surface area contributed by atoms with Crippen molar-refractivity contribution >= 4 is 29.2 Å². The molecule has 0 aliphatic rings. The Labute approximate surface area is 259 Å². The van der Waals surface area contributed by atoms with E-state index in [1.807, 2.05) is 53.9 Å². The Kier molecular flexibility index (Phi) is 13.6. The van der Waals surface area contributed by atoms with Crippen LogP contribution in [0, 0.1) is 0 Å². The van der Waals surface area contributed by atoms with Gasteiger partial charge in [-0.25, -0.2) is 9.78 Å². The quantitative estimate of drug-likeness (QED) is 0.192. The van der Waals surface area contributed by atoms with Crippen molar-refractivity contribution < 1.29 is 14.4 Å². The fourth-order valence-electron chi connectivity index (χ4n) is 4.76. The van der Waals surface area contributed by atoms with Gasteiger partial charge in [-0.2, -0.15) is 0 Å². The molecule has 2 aromatic carbocycles. The lowest BCUT2D eigenvalue weighted by molar-refractivity contribution is -0.124. The van der Waals surface area contributed by atoms with E-state index in [0.29, 0.717) is 25.3 Å². The molecule has 0 saturated heterocycles. The van der Waals surface area contributed by atoms with E-state index in [9.17, 15) is 14.4 Å². The maximum Gasteiger partial charge on any atom is 0.318 e. The van der Waals surface area contributed by atoms with Gasteiger partial charge in [0, 0.05) is 43.9 Å². The van der Waals surface area contributed by atoms with E-state index < -0.39 is 6.04 Å². The van der Waals surface area contributed by atoms with Crippen molar-refractivity contribution in [3.8, 4) is 0 Å². The number of thiazole rings is 1. The summed E-state index contributed by atoms with van der Waals surface area (Å²) in [6, 6.07) is 18.7. The van der Waals surface area contributed by atoms with Gasteiger partial charge in [0.25, 0.3) is 0 Å². The molecule has 5 N–H and O–H groups in total. The molecule has 232 valence electrons. The molecular weight excluding hydrogens is 560 g/mol. The lowest BCUT2D eigenvalue weighted by Gasteiger charge is -2.26. The highest BCUT2D eigenvalue weighted by Gasteiger charge is 2.25. The Morgan fingerprint density at radius 2 is 1.53 bits per heavy atom. The number of rotatable bonds is 16. The van der Waals surface area contributed by atoms with Crippen LogP contribution in [0.5, 0.6) is 0 Å². The standard InChI is InChI=1S/C33H46N6O3S/c1-23(2)32-37-29(22-43-32)21-39(4)33(42)38-30(17-18-35-24(3)40)31(41)36-28(20-26-13-9-6-10-14-26)16-15-27(34)19-25-11-7-5-8-12-25/h5-14,22-23,27-28,30H,15-21,34H2,1-4H3,(H,35,40)(H,36,41)(H,38,42)/t27?,28-,30?/m0/s1. The molecule has 0 bridgehead atoms. The van der Waals surface area contributed by atoms with Crippen LogP contribution >= 0.6 is 11.3 Å². The molecule has 0 fully saturated rings. The van der Waals surface area contributed by atoms with Crippen LogP contribution in [0.15, 0.2) is 66.0 Å². The zero-order valence-electron chi connectivity index (χ0n) is 25.7. The molecule has 1 aromatic heterocycles. The summed E-state index contributed by atoms with van der Waals surface area (Å²) < 4.78 is 0. The fraction of sp³-hybridized carbons (Fsp3) is 0.455. The Morgan fingerprint density at radius 3 is 2.12 bits per heavy atom. The summed E-state index contributed by atoms with van der Waals surface area (Å²) in [7, 11) is 1.68. The zero-order valence-corrected chi connectivity index (χ0v) is 26.5. The molecule has 1 heterocycles. The van der Waals surface area contributed by atoms with E-state index in [1.54, 1.807) is 18.4 Å². The summed E-state index contributed by atoms with van der Waals surface area (Å²) in [4.78, 5) is 44.5. The number of amides is 4. The molecule has 0 spiro atoms. The van der Waals surface area contributed by atoms with Gasteiger partial charge >= 0.3 is 6.03 Å². The Balaban J connectivity index is 1.67. The maximum absolute atomic E-state index is 13.7. The van der Waals surface area contributed by atoms with E-state index in [0.717, 1.165) is 29.1 Å². The number of nitrogens with one attached hydrogen (secondary N) is 3. The van der Waals surface area contributed by atoms with E-state index in [2.05, 4.69) is 46.9 Å². The first kappa shape index (κ1) is 33.7. The molecule has 0 aliphatic heterocycles. The second-order valence-corrected chi connectivity index (χ2v) is 12.3. The lowest BCUT2D eigenvalue weighted by atomic mass is 9.96. The van der Waals surface area contributed by atoms with Crippen molar-refractivity contribution in [2.75, 3.05) is 13.6 Å². The molecule has 4 amide bonds. The van der Waals surface area contributed by atoms with Crippen molar-refractivity contribution in [2.24, 2.45) is 5.73 Å². The van der Waals surface area contributed by atoms with Gasteiger partial charge in [0.1, 0.15) is 6.04 Å². The Hall–Kier alpha value is -3.76. The van der Waals surface area contributed by atoms with Crippen molar-refractivity contribution in [1.29, 1.82) is 0 Å². The molecule has 10 heteroatoms. The first-order valence-electron chi connectivity index (χ1n) is 14.9. The van der Waals surface area contributed by atoms with Gasteiger partial charge in [-0.15, -0.1) is 11.3 Å². The summed E-state index contributed by atoms with van der Waals surface area (Å²) in [5, 5.41) is 11.8. The van der Waals surface area contributed by atoms with Gasteiger partial charge < -0.3 is 26.6 Å². The molecular formula is C33H46N6O3S. The third-order valence-electron chi connectivity index (χ3n) is 7.13. The highest BCUT2D eigenvalue weighted by Crippen LogP contribution is 2.20. The summed E-state index contributed by atoms with van der Waals surface area (Å²) in [5.74, 6) is -0.168. The number of urea groups is 1. The van der Waals surface area contributed by atoms with Crippen LogP contribution in [0.3, 0.4) is 0 Å². The topological polar surface area (TPSA) is 129 Å². The van der Waals surface area contributed by atoms with Crippen molar-refractivity contribution in [3.63, 3.8) is 0 Å². The van der Waals surface area contributed by atoms with Crippen molar-refractivity contribution in [3.05, 3.63) is 87.9 Å². The van der Waals surface area contributed by atoms with Crippen molar-refractivity contribution in [1.82, 2.24) is 25.8 Å². The number of hydrogen-bond acceptors (Lipinski definition) is 6. The van der Waals surface area contributed by atoms with E-state index in [-0.39, 0.29) is 42.9 Å². The van der Waals surface area contributed by atoms with Crippen LogP contribution in [-0.2, 0) is 29.0 Å². The highest BCUT2D eigenvalue weighted by atomic mass is 32.1. The molecule has 0 radical (unpaired) electrons. The Morgan fingerprint density at radius 1 is 0.907 bits per heavy atom. The number of nitrogens with zero attached hydrogens (tertiary/aromatic N) is 2. The molecule has 3 aromatic rings. The number of carbonyl (C=O) groups excluding carboxylic acids is 3. The van der Waals surface area contributed by atoms with Crippen LogP contribution in [0.4, 0.5) is 4.79 Å². The minimum atomic E-state index is -0.834. The fourth-order valence-corrected chi connectivity index (χ4v) is 5.58. The maximum atomic E-state index is 13.7. The largest absolute Gasteiger partial charge is 0.356 e. The van der Waals surface area contributed by atoms with E-state index >= 15 is 0 Å². The molecule has 9 nitrogen and oxygen atoms in total. The van der Waals surface area contributed by atoms with Gasteiger partial charge in [0.2, 0.25) is 11.8 Å². The third kappa shape index (κ3) is 12.2. The smallest absolute Gasteiger partial charge is 0.318 e. The van der Waals surface area contributed by atoms with Gasteiger partial charge in [-0.1, -0.05) is 74.5 Å². The predicted molar refractivity (Wildman–Crippen MR) is 173 cm³/mol. The third-order valence-corrected chi connectivity index (χ3v) is 8.32. The molecule has 3 atom stereocenters. The molecule has 0 aliphatic carbocycles. The van der Waals surface area contributed by atoms with Crippen LogP contribution in [0.1, 0.15) is 67.8 Å². The SMILES string of the molecule is CC(=O)NCCC(NC(=O)N(C)Cc1csc(C(C)C)n1)C(=O)N[C@@H](CCC(N)Cc1ccccc1)Cc1ccccc1. The summed E-state index contributed by atoms with van der Waals surface area (Å²) in [5.41, 5.74) is 9.58. The van der Waals surface area contributed by atoms with Gasteiger partial charge in [0.15, 0.2) is 0 Å². The predicted octanol–water partition coefficient (Wildman–Crippen LogP) is 4.38.